The lowest BCUT2D eigenvalue weighted by Crippen LogP contribution is -2.23. The normalized spacial score (nSPS) is 28.8. The third kappa shape index (κ3) is 5.17. The summed E-state index contributed by atoms with van der Waals surface area (Å²) in [6, 6.07) is 0.571. The van der Waals surface area contributed by atoms with E-state index >= 15 is 0 Å². The number of ether oxygens (including phenoxy) is 1. The maximum atomic E-state index is 10.8. The van der Waals surface area contributed by atoms with Gasteiger partial charge < -0.3 is 14.8 Å². The third-order valence-electron chi connectivity index (χ3n) is 3.54. The van der Waals surface area contributed by atoms with Gasteiger partial charge in [0.25, 0.3) is 0 Å². The van der Waals surface area contributed by atoms with Crippen molar-refractivity contribution in [1.82, 2.24) is 5.32 Å². The van der Waals surface area contributed by atoms with Crippen LogP contribution in [0.15, 0.2) is 0 Å². The molecule has 1 saturated heterocycles. The molecule has 1 aliphatic heterocycles. The summed E-state index contributed by atoms with van der Waals surface area (Å²) in [4.78, 5) is 10.8. The average Bonchev–Trinajstić information content (AvgIpc) is 2.70. The third-order valence-corrected chi connectivity index (χ3v) is 3.54. The maximum Gasteiger partial charge on any atom is 0.149 e. The van der Waals surface area contributed by atoms with Gasteiger partial charge in [-0.1, -0.05) is 27.2 Å². The Balaban J connectivity index is 2.10. The molecule has 3 nitrogen and oxygen atoms in total. The largest absolute Gasteiger partial charge is 0.367 e. The zero-order valence-electron chi connectivity index (χ0n) is 11.4. The molecule has 3 unspecified atom stereocenters. The predicted molar refractivity (Wildman–Crippen MR) is 70.1 cm³/mol. The average molecular weight is 241 g/mol. The molecule has 1 aliphatic rings. The van der Waals surface area contributed by atoms with Crippen LogP contribution in [0.25, 0.3) is 0 Å². The van der Waals surface area contributed by atoms with Gasteiger partial charge in [0, 0.05) is 6.04 Å². The molecule has 1 N–H and O–H groups in total. The van der Waals surface area contributed by atoms with Crippen LogP contribution >= 0.6 is 0 Å². The molecule has 17 heavy (non-hydrogen) atoms. The summed E-state index contributed by atoms with van der Waals surface area (Å²) in [6.45, 7) is 7.55. The molecule has 3 atom stereocenters. The second-order valence-electron chi connectivity index (χ2n) is 5.37. The van der Waals surface area contributed by atoms with Gasteiger partial charge in [-0.25, -0.2) is 0 Å². The van der Waals surface area contributed by atoms with Crippen molar-refractivity contribution in [3.05, 3.63) is 0 Å². The van der Waals surface area contributed by atoms with E-state index in [2.05, 4.69) is 26.1 Å². The molecule has 3 heteroatoms. The van der Waals surface area contributed by atoms with Crippen LogP contribution in [0.2, 0.25) is 0 Å². The van der Waals surface area contributed by atoms with Gasteiger partial charge in [0.1, 0.15) is 12.4 Å². The van der Waals surface area contributed by atoms with Crippen molar-refractivity contribution < 1.29 is 9.53 Å². The molecule has 0 amide bonds. The molecular formula is C14H27NO2. The number of hydrogen-bond donors (Lipinski definition) is 1. The van der Waals surface area contributed by atoms with Crippen LogP contribution in [0.4, 0.5) is 0 Å². The summed E-state index contributed by atoms with van der Waals surface area (Å²) in [5.41, 5.74) is 0. The Morgan fingerprint density at radius 3 is 2.71 bits per heavy atom. The van der Waals surface area contributed by atoms with Crippen LogP contribution in [0, 0.1) is 5.92 Å². The Kier molecular flexibility index (Phi) is 6.75. The minimum atomic E-state index is -0.140. The Morgan fingerprint density at radius 1 is 1.41 bits per heavy atom. The molecule has 1 rings (SSSR count). The first-order valence-corrected chi connectivity index (χ1v) is 7.01. The fourth-order valence-corrected chi connectivity index (χ4v) is 2.48. The zero-order valence-corrected chi connectivity index (χ0v) is 11.4. The summed E-state index contributed by atoms with van der Waals surface area (Å²) >= 11 is 0. The highest BCUT2D eigenvalue weighted by Crippen LogP contribution is 2.30. The van der Waals surface area contributed by atoms with Gasteiger partial charge in [-0.05, 0) is 38.1 Å². The zero-order chi connectivity index (χ0) is 12.7. The SMILES string of the molecule is CCC1CC(CCCCNC(C)C)OC1C=O. The summed E-state index contributed by atoms with van der Waals surface area (Å²) in [5, 5.41) is 3.41. The monoisotopic (exact) mass is 241 g/mol. The first-order valence-electron chi connectivity index (χ1n) is 7.01. The second kappa shape index (κ2) is 7.83. The molecule has 0 aromatic heterocycles. The molecule has 1 heterocycles. The van der Waals surface area contributed by atoms with Gasteiger partial charge in [-0.2, -0.15) is 0 Å². The standard InChI is InChI=1S/C14H27NO2/c1-4-12-9-13(17-14(12)10-16)7-5-6-8-15-11(2)3/h10-15H,4-9H2,1-3H3. The van der Waals surface area contributed by atoms with E-state index in [4.69, 9.17) is 4.74 Å². The molecular weight excluding hydrogens is 214 g/mol. The van der Waals surface area contributed by atoms with E-state index in [0.29, 0.717) is 18.1 Å². The summed E-state index contributed by atoms with van der Waals surface area (Å²) in [7, 11) is 0. The summed E-state index contributed by atoms with van der Waals surface area (Å²) in [5.74, 6) is 0.450. The number of carbonyl (C=O) groups is 1. The summed E-state index contributed by atoms with van der Waals surface area (Å²) in [6.07, 6.45) is 6.75. The topological polar surface area (TPSA) is 38.3 Å². The van der Waals surface area contributed by atoms with Crippen molar-refractivity contribution in [3.8, 4) is 0 Å². The first-order chi connectivity index (χ1) is 8.17. The Hall–Kier alpha value is -0.410. The van der Waals surface area contributed by atoms with Crippen LogP contribution < -0.4 is 5.32 Å². The lowest BCUT2D eigenvalue weighted by Gasteiger charge is -2.11. The van der Waals surface area contributed by atoms with E-state index in [9.17, 15) is 4.79 Å². The van der Waals surface area contributed by atoms with E-state index < -0.39 is 0 Å². The number of unbranched alkanes of at least 4 members (excludes halogenated alkanes) is 1. The molecule has 0 bridgehead atoms. The molecule has 0 aliphatic carbocycles. The number of rotatable bonds is 8. The van der Waals surface area contributed by atoms with E-state index in [0.717, 1.165) is 32.1 Å². The quantitative estimate of drug-likeness (QED) is 0.524. The fraction of sp³-hybridized carbons (Fsp3) is 0.929. The number of nitrogens with one attached hydrogen (secondary N) is 1. The predicted octanol–water partition coefficient (Wildman–Crippen LogP) is 2.54. The molecule has 1 fully saturated rings. The highest BCUT2D eigenvalue weighted by molar-refractivity contribution is 5.57. The van der Waals surface area contributed by atoms with Crippen LogP contribution in [-0.2, 0) is 9.53 Å². The minimum Gasteiger partial charge on any atom is -0.367 e. The van der Waals surface area contributed by atoms with Gasteiger partial charge in [-0.15, -0.1) is 0 Å². The first kappa shape index (κ1) is 14.7. The molecule has 0 aromatic carbocycles. The van der Waals surface area contributed by atoms with Crippen molar-refractivity contribution in [2.45, 2.75) is 71.1 Å². The Morgan fingerprint density at radius 2 is 2.18 bits per heavy atom. The van der Waals surface area contributed by atoms with E-state index in [1.54, 1.807) is 0 Å². The minimum absolute atomic E-state index is 0.140. The van der Waals surface area contributed by atoms with Crippen molar-refractivity contribution in [2.24, 2.45) is 5.92 Å². The summed E-state index contributed by atoms with van der Waals surface area (Å²) < 4.78 is 5.75. The molecule has 0 aromatic rings. The lowest BCUT2D eigenvalue weighted by molar-refractivity contribution is -0.119. The number of hydrogen-bond acceptors (Lipinski definition) is 3. The highest BCUT2D eigenvalue weighted by Gasteiger charge is 2.32. The van der Waals surface area contributed by atoms with Crippen molar-refractivity contribution in [2.75, 3.05) is 6.54 Å². The highest BCUT2D eigenvalue weighted by atomic mass is 16.5. The maximum absolute atomic E-state index is 10.8. The van der Waals surface area contributed by atoms with Crippen LogP contribution in [0.5, 0.6) is 0 Å². The van der Waals surface area contributed by atoms with E-state index in [1.165, 1.54) is 12.8 Å². The molecule has 0 radical (unpaired) electrons. The van der Waals surface area contributed by atoms with E-state index in [-0.39, 0.29) is 6.10 Å². The van der Waals surface area contributed by atoms with Gasteiger partial charge in [0.05, 0.1) is 6.10 Å². The van der Waals surface area contributed by atoms with Crippen LogP contribution in [0.1, 0.15) is 52.9 Å². The van der Waals surface area contributed by atoms with Gasteiger partial charge in [0.2, 0.25) is 0 Å². The number of carbonyl (C=O) groups excluding carboxylic acids is 1. The van der Waals surface area contributed by atoms with Gasteiger partial charge >= 0.3 is 0 Å². The van der Waals surface area contributed by atoms with Gasteiger partial charge in [-0.3, -0.25) is 0 Å². The molecule has 0 spiro atoms. The fourth-order valence-electron chi connectivity index (χ4n) is 2.48. The van der Waals surface area contributed by atoms with Gasteiger partial charge in [0.15, 0.2) is 0 Å². The van der Waals surface area contributed by atoms with Crippen LogP contribution in [0.3, 0.4) is 0 Å². The van der Waals surface area contributed by atoms with Crippen molar-refractivity contribution in [3.63, 3.8) is 0 Å². The van der Waals surface area contributed by atoms with Crippen LogP contribution in [-0.4, -0.2) is 31.1 Å². The van der Waals surface area contributed by atoms with E-state index in [1.807, 2.05) is 0 Å². The van der Waals surface area contributed by atoms with Crippen molar-refractivity contribution in [1.29, 1.82) is 0 Å². The van der Waals surface area contributed by atoms with Crippen molar-refractivity contribution >= 4 is 6.29 Å². The molecule has 0 saturated carbocycles. The lowest BCUT2D eigenvalue weighted by atomic mass is 9.96. The smallest absolute Gasteiger partial charge is 0.149 e. The Labute approximate surface area is 105 Å². The number of aldehydes is 1. The second-order valence-corrected chi connectivity index (χ2v) is 5.37. The molecule has 100 valence electrons. The Bertz CT molecular complexity index is 218.